The molecule has 0 radical (unpaired) electrons. The minimum atomic E-state index is -0.432. The highest BCUT2D eigenvalue weighted by atomic mass is 35.5. The van der Waals surface area contributed by atoms with Crippen molar-refractivity contribution in [3.63, 3.8) is 0 Å². The average molecular weight is 458 g/mol. The van der Waals surface area contributed by atoms with Gasteiger partial charge in [0.2, 0.25) is 5.91 Å². The van der Waals surface area contributed by atoms with Gasteiger partial charge < -0.3 is 23.8 Å². The molecule has 0 aliphatic carbocycles. The lowest BCUT2D eigenvalue weighted by atomic mass is 10.2. The predicted molar refractivity (Wildman–Crippen MR) is 122 cm³/mol. The molecule has 1 amide bonds. The lowest BCUT2D eigenvalue weighted by molar-refractivity contribution is -0.116. The van der Waals surface area contributed by atoms with Crippen molar-refractivity contribution in [1.29, 1.82) is 0 Å². The fourth-order valence-corrected chi connectivity index (χ4v) is 3.96. The quantitative estimate of drug-likeness (QED) is 0.444. The Bertz CT molecular complexity index is 1380. The highest BCUT2D eigenvalue weighted by molar-refractivity contribution is 6.32. The Kier molecular flexibility index (Phi) is 6.05. The van der Waals surface area contributed by atoms with Gasteiger partial charge in [-0.05, 0) is 42.8 Å². The number of carbonyl (C=O) groups is 1. The second-order valence-electron chi connectivity index (χ2n) is 7.19. The Morgan fingerprint density at radius 2 is 1.84 bits per heavy atom. The van der Waals surface area contributed by atoms with Gasteiger partial charge in [0, 0.05) is 25.2 Å². The van der Waals surface area contributed by atoms with E-state index in [1.54, 1.807) is 40.9 Å². The summed E-state index contributed by atoms with van der Waals surface area (Å²) in [5, 5.41) is 3.11. The van der Waals surface area contributed by atoms with E-state index >= 15 is 0 Å². The number of aryl methyl sites for hydroxylation is 1. The van der Waals surface area contributed by atoms with Crippen molar-refractivity contribution in [2.45, 2.75) is 19.4 Å². The highest BCUT2D eigenvalue weighted by Gasteiger charge is 2.14. The van der Waals surface area contributed by atoms with Gasteiger partial charge in [0.15, 0.2) is 0 Å². The summed E-state index contributed by atoms with van der Waals surface area (Å²) in [6.45, 7) is 0.258. The smallest absolute Gasteiger partial charge is 0.275 e. The number of halogens is 2. The Morgan fingerprint density at radius 3 is 2.59 bits per heavy atom. The standard InChI is InChI=1S/C23H21ClFN3O4/c1-31-20-13-21(32-2)16(12-15(20)24)26-22(29)6-4-10-28-19-11-14(25)7-8-17(19)27-9-3-5-18(27)23(28)30/h3,5,7-9,11-13H,4,6,10H2,1-2H3,(H,26,29). The SMILES string of the molecule is COc1cc(OC)c(NC(=O)CCCn2c(=O)c3cccn3c3ccc(F)cc32)cc1Cl. The first-order chi connectivity index (χ1) is 15.4. The lowest BCUT2D eigenvalue weighted by Gasteiger charge is -2.14. The number of amides is 1. The van der Waals surface area contributed by atoms with E-state index in [4.69, 9.17) is 21.1 Å². The number of nitrogens with one attached hydrogen (secondary N) is 1. The van der Waals surface area contributed by atoms with Crippen LogP contribution >= 0.6 is 11.6 Å². The molecule has 0 aliphatic heterocycles. The van der Waals surface area contributed by atoms with E-state index in [-0.39, 0.29) is 24.4 Å². The summed E-state index contributed by atoms with van der Waals surface area (Å²) in [7, 11) is 2.97. The molecule has 2 aromatic carbocycles. The molecule has 7 nitrogen and oxygen atoms in total. The van der Waals surface area contributed by atoms with Crippen molar-refractivity contribution in [1.82, 2.24) is 8.97 Å². The van der Waals surface area contributed by atoms with Gasteiger partial charge in [-0.15, -0.1) is 0 Å². The van der Waals surface area contributed by atoms with Crippen LogP contribution in [0.5, 0.6) is 11.5 Å². The maximum atomic E-state index is 13.9. The van der Waals surface area contributed by atoms with Crippen LogP contribution < -0.4 is 20.3 Å². The number of ether oxygens (including phenoxy) is 2. The highest BCUT2D eigenvalue weighted by Crippen LogP contribution is 2.36. The van der Waals surface area contributed by atoms with Gasteiger partial charge in [0.05, 0.1) is 36.0 Å². The zero-order valence-electron chi connectivity index (χ0n) is 17.5. The molecule has 0 unspecified atom stereocenters. The largest absolute Gasteiger partial charge is 0.495 e. The molecule has 9 heteroatoms. The molecule has 32 heavy (non-hydrogen) atoms. The van der Waals surface area contributed by atoms with Crippen LogP contribution in [0.15, 0.2) is 53.5 Å². The fourth-order valence-electron chi connectivity index (χ4n) is 3.72. The van der Waals surface area contributed by atoms with Gasteiger partial charge in [-0.3, -0.25) is 9.59 Å². The first-order valence-corrected chi connectivity index (χ1v) is 10.3. The lowest BCUT2D eigenvalue weighted by Crippen LogP contribution is -2.23. The minimum Gasteiger partial charge on any atom is -0.495 e. The van der Waals surface area contributed by atoms with Crippen LogP contribution in [0.4, 0.5) is 10.1 Å². The summed E-state index contributed by atoms with van der Waals surface area (Å²) in [5.41, 5.74) is 1.86. The monoisotopic (exact) mass is 457 g/mol. The summed E-state index contributed by atoms with van der Waals surface area (Å²) >= 11 is 6.15. The van der Waals surface area contributed by atoms with Gasteiger partial charge >= 0.3 is 0 Å². The van der Waals surface area contributed by atoms with Crippen molar-refractivity contribution in [2.24, 2.45) is 0 Å². The van der Waals surface area contributed by atoms with Crippen LogP contribution in [0.2, 0.25) is 5.02 Å². The third-order valence-electron chi connectivity index (χ3n) is 5.23. The summed E-state index contributed by atoms with van der Waals surface area (Å²) in [5.74, 6) is 0.145. The molecule has 1 N–H and O–H groups in total. The molecule has 0 aliphatic rings. The number of anilines is 1. The molecule has 4 aromatic rings. The molecule has 0 spiro atoms. The molecule has 0 fully saturated rings. The van der Waals surface area contributed by atoms with Gasteiger partial charge in [-0.2, -0.15) is 0 Å². The van der Waals surface area contributed by atoms with Gasteiger partial charge in [0.1, 0.15) is 22.8 Å². The Morgan fingerprint density at radius 1 is 1.06 bits per heavy atom. The van der Waals surface area contributed by atoms with Gasteiger partial charge in [0.25, 0.3) is 5.56 Å². The maximum absolute atomic E-state index is 13.9. The van der Waals surface area contributed by atoms with Crippen LogP contribution in [-0.4, -0.2) is 29.1 Å². The van der Waals surface area contributed by atoms with Crippen molar-refractivity contribution in [2.75, 3.05) is 19.5 Å². The number of nitrogens with zero attached hydrogens (tertiary/aromatic N) is 2. The van der Waals surface area contributed by atoms with E-state index < -0.39 is 5.82 Å². The topological polar surface area (TPSA) is 74.0 Å². The van der Waals surface area contributed by atoms with Gasteiger partial charge in [-0.1, -0.05) is 11.6 Å². The molecule has 0 atom stereocenters. The zero-order chi connectivity index (χ0) is 22.8. The van der Waals surface area contributed by atoms with Crippen LogP contribution in [0, 0.1) is 5.82 Å². The van der Waals surface area contributed by atoms with E-state index in [9.17, 15) is 14.0 Å². The maximum Gasteiger partial charge on any atom is 0.275 e. The summed E-state index contributed by atoms with van der Waals surface area (Å²) in [6, 6.07) is 11.0. The molecule has 2 aromatic heterocycles. The van der Waals surface area contributed by atoms with Crippen LogP contribution in [0.1, 0.15) is 12.8 Å². The average Bonchev–Trinajstić information content (AvgIpc) is 3.26. The molecule has 0 saturated heterocycles. The van der Waals surface area contributed by atoms with E-state index in [2.05, 4.69) is 5.32 Å². The Hall–Kier alpha value is -3.52. The number of hydrogen-bond acceptors (Lipinski definition) is 4. The van der Waals surface area contributed by atoms with Crippen molar-refractivity contribution in [3.8, 4) is 11.5 Å². The van der Waals surface area contributed by atoms with Crippen molar-refractivity contribution >= 4 is 39.7 Å². The third-order valence-corrected chi connectivity index (χ3v) is 5.53. The summed E-state index contributed by atoms with van der Waals surface area (Å²) in [4.78, 5) is 25.5. The number of hydrogen-bond donors (Lipinski definition) is 1. The first kappa shape index (κ1) is 21.7. The Labute approximate surface area is 187 Å². The van der Waals surface area contributed by atoms with E-state index in [0.717, 1.165) is 0 Å². The number of carbonyl (C=O) groups excluding carboxylic acids is 1. The molecule has 2 heterocycles. The molecule has 0 saturated carbocycles. The normalized spacial score (nSPS) is 11.1. The molecular weight excluding hydrogens is 437 g/mol. The first-order valence-electron chi connectivity index (χ1n) is 9.93. The van der Waals surface area contributed by atoms with E-state index in [1.807, 2.05) is 0 Å². The minimum absolute atomic E-state index is 0.141. The van der Waals surface area contributed by atoms with Crippen LogP contribution in [-0.2, 0) is 11.3 Å². The number of rotatable bonds is 7. The predicted octanol–water partition coefficient (Wildman–Crippen LogP) is 4.48. The van der Waals surface area contributed by atoms with E-state index in [0.29, 0.717) is 45.2 Å². The van der Waals surface area contributed by atoms with Gasteiger partial charge in [-0.25, -0.2) is 4.39 Å². The van der Waals surface area contributed by atoms with Crippen LogP contribution in [0.25, 0.3) is 16.6 Å². The fraction of sp³-hybridized carbons (Fsp3) is 0.217. The second kappa shape index (κ2) is 8.92. The number of methoxy groups -OCH3 is 2. The number of aromatic nitrogens is 2. The number of benzene rings is 2. The molecule has 0 bridgehead atoms. The van der Waals surface area contributed by atoms with E-state index in [1.165, 1.54) is 30.9 Å². The zero-order valence-corrected chi connectivity index (χ0v) is 18.3. The van der Waals surface area contributed by atoms with Crippen molar-refractivity contribution < 1.29 is 18.7 Å². The summed E-state index contributed by atoms with van der Waals surface area (Å²) in [6.07, 6.45) is 2.28. The van der Waals surface area contributed by atoms with Crippen molar-refractivity contribution in [3.05, 3.63) is 69.9 Å². The van der Waals surface area contributed by atoms with Crippen LogP contribution in [0.3, 0.4) is 0 Å². The summed E-state index contributed by atoms with van der Waals surface area (Å²) < 4.78 is 27.6. The Balaban J connectivity index is 1.53. The molecule has 4 rings (SSSR count). The molecule has 166 valence electrons. The number of fused-ring (bicyclic) bond motifs is 3. The second-order valence-corrected chi connectivity index (χ2v) is 7.60. The molecular formula is C23H21ClFN3O4. The third kappa shape index (κ3) is 4.01.